The molecule has 3 rings (SSSR count). The molecular formula is C16H27N5O2S. The molecule has 4 N–H and O–H groups in total. The Kier molecular flexibility index (Phi) is 5.24. The largest absolute Gasteiger partial charge is 0.307 e. The molecule has 7 nitrogen and oxygen atoms in total. The fraction of sp³-hybridized carbons (Fsp3) is 0.625. The normalized spacial score (nSPS) is 28.8. The number of benzene rings is 1. The van der Waals surface area contributed by atoms with Gasteiger partial charge in [-0.25, -0.2) is 23.6 Å². The molecule has 24 heavy (non-hydrogen) atoms. The van der Waals surface area contributed by atoms with Crippen LogP contribution < -0.4 is 21.7 Å². The number of sulfonamides is 1. The molecule has 0 amide bonds. The fourth-order valence-corrected chi connectivity index (χ4v) is 4.44. The van der Waals surface area contributed by atoms with Gasteiger partial charge >= 0.3 is 0 Å². The first kappa shape index (κ1) is 17.8. The average Bonchev–Trinajstić information content (AvgIpc) is 3.02. The first-order chi connectivity index (χ1) is 11.4. The summed E-state index contributed by atoms with van der Waals surface area (Å²) in [6.07, 6.45) is 3.27. The maximum absolute atomic E-state index is 12.3. The van der Waals surface area contributed by atoms with Crippen molar-refractivity contribution in [3.05, 3.63) is 29.8 Å². The second-order valence-electron chi connectivity index (χ2n) is 6.88. The zero-order chi connectivity index (χ0) is 17.3. The van der Waals surface area contributed by atoms with Crippen molar-refractivity contribution in [2.75, 3.05) is 14.1 Å². The van der Waals surface area contributed by atoms with E-state index in [0.29, 0.717) is 23.0 Å². The highest BCUT2D eigenvalue weighted by Crippen LogP contribution is 2.25. The Bertz CT molecular complexity index is 679. The van der Waals surface area contributed by atoms with Gasteiger partial charge in [-0.1, -0.05) is 12.1 Å². The van der Waals surface area contributed by atoms with Crippen LogP contribution in [0.1, 0.15) is 37.8 Å². The van der Waals surface area contributed by atoms with E-state index in [-0.39, 0.29) is 6.04 Å². The third kappa shape index (κ3) is 3.63. The smallest absolute Gasteiger partial charge is 0.242 e. The molecule has 1 saturated carbocycles. The molecule has 2 fully saturated rings. The monoisotopic (exact) mass is 353 g/mol. The highest BCUT2D eigenvalue weighted by atomic mass is 32.2. The molecule has 0 bridgehead atoms. The third-order valence-electron chi connectivity index (χ3n) is 4.99. The zero-order valence-electron chi connectivity index (χ0n) is 14.4. The first-order valence-corrected chi connectivity index (χ1v) is 9.86. The van der Waals surface area contributed by atoms with Crippen molar-refractivity contribution >= 4 is 10.0 Å². The van der Waals surface area contributed by atoms with E-state index in [1.807, 2.05) is 12.1 Å². The van der Waals surface area contributed by atoms with Crippen molar-refractivity contribution in [2.24, 2.45) is 0 Å². The summed E-state index contributed by atoms with van der Waals surface area (Å²) < 4.78 is 25.9. The van der Waals surface area contributed by atoms with E-state index >= 15 is 0 Å². The lowest BCUT2D eigenvalue weighted by Crippen LogP contribution is -2.46. The molecule has 1 aliphatic carbocycles. The molecule has 1 saturated heterocycles. The van der Waals surface area contributed by atoms with Crippen LogP contribution in [0.15, 0.2) is 29.2 Å². The molecule has 1 aromatic rings. The van der Waals surface area contributed by atoms with E-state index in [1.54, 1.807) is 26.2 Å². The molecule has 0 spiro atoms. The summed E-state index contributed by atoms with van der Waals surface area (Å²) in [5.74, 6) is 0. The summed E-state index contributed by atoms with van der Waals surface area (Å²) in [6, 6.07) is 8.67. The van der Waals surface area contributed by atoms with Gasteiger partial charge in [0.25, 0.3) is 0 Å². The van der Waals surface area contributed by atoms with E-state index in [1.165, 1.54) is 4.31 Å². The summed E-state index contributed by atoms with van der Waals surface area (Å²) in [5.41, 5.74) is 10.5. The zero-order valence-corrected chi connectivity index (χ0v) is 15.2. The van der Waals surface area contributed by atoms with Crippen LogP contribution in [0.25, 0.3) is 0 Å². The Labute approximate surface area is 144 Å². The van der Waals surface area contributed by atoms with Gasteiger partial charge in [-0.05, 0) is 43.9 Å². The highest BCUT2D eigenvalue weighted by Gasteiger charge is 2.34. The van der Waals surface area contributed by atoms with Crippen molar-refractivity contribution in [2.45, 2.75) is 55.2 Å². The van der Waals surface area contributed by atoms with Crippen LogP contribution in [-0.2, 0) is 10.0 Å². The van der Waals surface area contributed by atoms with E-state index in [0.717, 1.165) is 24.8 Å². The second kappa shape index (κ2) is 7.07. The van der Waals surface area contributed by atoms with Gasteiger partial charge in [-0.15, -0.1) is 0 Å². The second-order valence-corrected chi connectivity index (χ2v) is 9.04. The maximum atomic E-state index is 12.3. The third-order valence-corrected chi connectivity index (χ3v) is 6.80. The molecule has 2 aliphatic rings. The van der Waals surface area contributed by atoms with Gasteiger partial charge in [0, 0.05) is 38.3 Å². The van der Waals surface area contributed by atoms with E-state index in [4.69, 9.17) is 0 Å². The van der Waals surface area contributed by atoms with E-state index in [2.05, 4.69) is 28.6 Å². The molecular weight excluding hydrogens is 326 g/mol. The standard InChI is InChI=1S/C16H27N5O2S/c1-11(17-13-7-8-15-16(10-13)19-20-18-15)12-5-4-6-14(9-12)24(22,23)21(2)3/h4-6,9,11,13,15-20H,7-8,10H2,1-3H3. The number of rotatable bonds is 5. The molecule has 8 heteroatoms. The number of hydrazine groups is 2. The lowest BCUT2D eigenvalue weighted by Gasteiger charge is -2.33. The molecule has 1 aromatic carbocycles. The quantitative estimate of drug-likeness (QED) is 0.617. The Balaban J connectivity index is 1.68. The van der Waals surface area contributed by atoms with Crippen molar-refractivity contribution in [3.63, 3.8) is 0 Å². The average molecular weight is 353 g/mol. The lowest BCUT2D eigenvalue weighted by atomic mass is 9.87. The summed E-state index contributed by atoms with van der Waals surface area (Å²) in [7, 11) is -0.290. The van der Waals surface area contributed by atoms with Crippen LogP contribution in [0.2, 0.25) is 0 Å². The molecule has 0 radical (unpaired) electrons. The van der Waals surface area contributed by atoms with E-state index < -0.39 is 10.0 Å². The Morgan fingerprint density at radius 1 is 1.21 bits per heavy atom. The molecule has 4 unspecified atom stereocenters. The number of hydrogen-bond acceptors (Lipinski definition) is 6. The molecule has 134 valence electrons. The molecule has 4 atom stereocenters. The van der Waals surface area contributed by atoms with Gasteiger partial charge in [0.2, 0.25) is 10.0 Å². The predicted molar refractivity (Wildman–Crippen MR) is 93.5 cm³/mol. The fourth-order valence-electron chi connectivity index (χ4n) is 3.49. The number of hydrogen-bond donors (Lipinski definition) is 4. The SMILES string of the molecule is CC(NC1CCC2NNNC2C1)c1cccc(S(=O)(=O)N(C)C)c1. The lowest BCUT2D eigenvalue weighted by molar-refractivity contribution is 0.285. The van der Waals surface area contributed by atoms with Crippen molar-refractivity contribution < 1.29 is 8.42 Å². The Morgan fingerprint density at radius 3 is 2.71 bits per heavy atom. The minimum atomic E-state index is -3.40. The minimum absolute atomic E-state index is 0.103. The topological polar surface area (TPSA) is 85.5 Å². The van der Waals surface area contributed by atoms with Crippen LogP contribution >= 0.6 is 0 Å². The van der Waals surface area contributed by atoms with Gasteiger partial charge in [0.15, 0.2) is 0 Å². The maximum Gasteiger partial charge on any atom is 0.242 e. The Hall–Kier alpha value is -1.03. The number of nitrogens with one attached hydrogen (secondary N) is 4. The Morgan fingerprint density at radius 2 is 1.96 bits per heavy atom. The van der Waals surface area contributed by atoms with Crippen molar-refractivity contribution in [1.29, 1.82) is 0 Å². The molecule has 0 aromatic heterocycles. The van der Waals surface area contributed by atoms with Crippen LogP contribution in [0.3, 0.4) is 0 Å². The summed E-state index contributed by atoms with van der Waals surface area (Å²) in [6.45, 7) is 2.09. The van der Waals surface area contributed by atoms with Gasteiger partial charge in [0.05, 0.1) is 4.90 Å². The summed E-state index contributed by atoms with van der Waals surface area (Å²) in [5, 5.41) is 3.65. The van der Waals surface area contributed by atoms with Crippen LogP contribution in [-0.4, -0.2) is 44.9 Å². The van der Waals surface area contributed by atoms with Gasteiger partial charge < -0.3 is 5.32 Å². The van der Waals surface area contributed by atoms with Gasteiger partial charge in [-0.2, -0.15) is 5.53 Å². The van der Waals surface area contributed by atoms with Gasteiger partial charge in [-0.3, -0.25) is 0 Å². The minimum Gasteiger partial charge on any atom is -0.307 e. The first-order valence-electron chi connectivity index (χ1n) is 8.42. The predicted octanol–water partition coefficient (Wildman–Crippen LogP) is 0.490. The molecule has 1 heterocycles. The van der Waals surface area contributed by atoms with Crippen LogP contribution in [0, 0.1) is 0 Å². The highest BCUT2D eigenvalue weighted by molar-refractivity contribution is 7.89. The summed E-state index contributed by atoms with van der Waals surface area (Å²) in [4.78, 5) is 0.341. The number of nitrogens with zero attached hydrogens (tertiary/aromatic N) is 1. The molecule has 1 aliphatic heterocycles. The van der Waals surface area contributed by atoms with Crippen LogP contribution in [0.4, 0.5) is 0 Å². The van der Waals surface area contributed by atoms with Crippen molar-refractivity contribution in [3.8, 4) is 0 Å². The number of fused-ring (bicyclic) bond motifs is 1. The summed E-state index contributed by atoms with van der Waals surface area (Å²) >= 11 is 0. The van der Waals surface area contributed by atoms with Crippen molar-refractivity contribution in [1.82, 2.24) is 26.0 Å². The van der Waals surface area contributed by atoms with Gasteiger partial charge in [0.1, 0.15) is 0 Å². The van der Waals surface area contributed by atoms with E-state index in [9.17, 15) is 8.42 Å². The van der Waals surface area contributed by atoms with Crippen LogP contribution in [0.5, 0.6) is 0 Å².